The first kappa shape index (κ1) is 17.9. The highest BCUT2D eigenvalue weighted by Crippen LogP contribution is 2.50. The van der Waals surface area contributed by atoms with Crippen LogP contribution in [-0.2, 0) is 24.2 Å². The van der Waals surface area contributed by atoms with Crippen LogP contribution in [0.5, 0.6) is 0 Å². The summed E-state index contributed by atoms with van der Waals surface area (Å²) < 4.78 is 28.8. The minimum absolute atomic E-state index is 0.0117. The Labute approximate surface area is 126 Å². The Balaban J connectivity index is 2.54. The third-order valence-corrected chi connectivity index (χ3v) is 5.69. The van der Waals surface area contributed by atoms with Crippen molar-refractivity contribution in [2.45, 2.75) is 52.0 Å². The summed E-state index contributed by atoms with van der Waals surface area (Å²) in [6.45, 7) is 3.89. The molecule has 0 radical (unpaired) electrons. The lowest BCUT2D eigenvalue weighted by Gasteiger charge is -2.16. The van der Waals surface area contributed by atoms with Crippen molar-refractivity contribution < 1.29 is 22.7 Å². The molecule has 1 N–H and O–H groups in total. The van der Waals surface area contributed by atoms with Crippen molar-refractivity contribution in [3.05, 3.63) is 0 Å². The molecule has 0 aromatic heterocycles. The molecule has 7 heteroatoms. The predicted molar refractivity (Wildman–Crippen MR) is 79.5 cm³/mol. The Morgan fingerprint density at radius 1 is 1.24 bits per heavy atom. The van der Waals surface area contributed by atoms with Gasteiger partial charge in [-0.15, -0.1) is 0 Å². The van der Waals surface area contributed by atoms with E-state index in [-0.39, 0.29) is 18.2 Å². The van der Waals surface area contributed by atoms with Gasteiger partial charge in [0.1, 0.15) is 5.75 Å². The molecule has 0 spiro atoms. The van der Waals surface area contributed by atoms with Crippen molar-refractivity contribution in [1.82, 2.24) is 5.32 Å². The van der Waals surface area contributed by atoms with Gasteiger partial charge in [0.2, 0.25) is 5.91 Å². The summed E-state index contributed by atoms with van der Waals surface area (Å²) >= 11 is 0. The second-order valence-electron chi connectivity index (χ2n) is 5.87. The summed E-state index contributed by atoms with van der Waals surface area (Å²) in [5, 5.41) is 2.72. The van der Waals surface area contributed by atoms with Gasteiger partial charge in [0, 0.05) is 6.04 Å². The number of hydrogen-bond donors (Lipinski definition) is 1. The zero-order valence-electron chi connectivity index (χ0n) is 13.0. The van der Waals surface area contributed by atoms with Crippen molar-refractivity contribution in [2.24, 2.45) is 5.41 Å². The van der Waals surface area contributed by atoms with Crippen LogP contribution in [0.3, 0.4) is 0 Å². The molecule has 6 nitrogen and oxygen atoms in total. The summed E-state index contributed by atoms with van der Waals surface area (Å²) in [4.78, 5) is 23.1. The third kappa shape index (κ3) is 6.03. The van der Waals surface area contributed by atoms with E-state index in [2.05, 4.69) is 10.1 Å². The molecule has 1 aliphatic rings. The van der Waals surface area contributed by atoms with Gasteiger partial charge in [0.15, 0.2) is 9.84 Å². The first-order valence-corrected chi connectivity index (χ1v) is 9.14. The molecular weight excluding hydrogens is 294 g/mol. The van der Waals surface area contributed by atoms with E-state index in [1.165, 1.54) is 7.11 Å². The number of carbonyl (C=O) groups is 2. The molecular formula is C14H25NO5S. The molecule has 0 aromatic rings. The first-order chi connectivity index (χ1) is 9.76. The lowest BCUT2D eigenvalue weighted by Crippen LogP contribution is -2.39. The minimum atomic E-state index is -3.51. The largest absolute Gasteiger partial charge is 0.469 e. The van der Waals surface area contributed by atoms with Crippen molar-refractivity contribution >= 4 is 21.7 Å². The van der Waals surface area contributed by atoms with Gasteiger partial charge in [-0.25, -0.2) is 8.42 Å². The Morgan fingerprint density at radius 2 is 1.81 bits per heavy atom. The maximum atomic E-state index is 12.1. The molecule has 0 bridgehead atoms. The molecule has 1 fully saturated rings. The SMILES string of the molecule is CCC(CC)NC(=O)CS(=O)(=O)CC1(CC(=O)OC)CC1. The van der Waals surface area contributed by atoms with Crippen LogP contribution in [0.2, 0.25) is 0 Å². The average Bonchev–Trinajstić information content (AvgIpc) is 3.13. The van der Waals surface area contributed by atoms with Crippen molar-refractivity contribution in [1.29, 1.82) is 0 Å². The van der Waals surface area contributed by atoms with Gasteiger partial charge in [0.25, 0.3) is 0 Å². The second-order valence-corrected chi connectivity index (χ2v) is 7.93. The smallest absolute Gasteiger partial charge is 0.306 e. The van der Waals surface area contributed by atoms with E-state index in [9.17, 15) is 18.0 Å². The molecule has 0 unspecified atom stereocenters. The van der Waals surface area contributed by atoms with E-state index >= 15 is 0 Å². The molecule has 0 aromatic carbocycles. The number of hydrogen-bond acceptors (Lipinski definition) is 5. The van der Waals surface area contributed by atoms with Gasteiger partial charge < -0.3 is 10.1 Å². The van der Waals surface area contributed by atoms with E-state index in [0.29, 0.717) is 12.8 Å². The van der Waals surface area contributed by atoms with Crippen LogP contribution in [0, 0.1) is 5.41 Å². The van der Waals surface area contributed by atoms with Crippen LogP contribution in [0.4, 0.5) is 0 Å². The van der Waals surface area contributed by atoms with Crippen LogP contribution < -0.4 is 5.32 Å². The average molecular weight is 319 g/mol. The van der Waals surface area contributed by atoms with Crippen molar-refractivity contribution in [3.8, 4) is 0 Å². The van der Waals surface area contributed by atoms with E-state index in [0.717, 1.165) is 12.8 Å². The Hall–Kier alpha value is -1.11. The van der Waals surface area contributed by atoms with Crippen LogP contribution in [-0.4, -0.2) is 45.0 Å². The lowest BCUT2D eigenvalue weighted by molar-refractivity contribution is -0.141. The van der Waals surface area contributed by atoms with E-state index in [1.807, 2.05) is 13.8 Å². The van der Waals surface area contributed by atoms with Gasteiger partial charge in [-0.2, -0.15) is 0 Å². The predicted octanol–water partition coefficient (Wildman–Crippen LogP) is 1.05. The zero-order chi connectivity index (χ0) is 16.1. The second kappa shape index (κ2) is 7.24. The molecule has 1 saturated carbocycles. The standard InChI is InChI=1S/C14H25NO5S/c1-4-11(5-2)15-12(16)9-21(18,19)10-14(6-7-14)8-13(17)20-3/h11H,4-10H2,1-3H3,(H,15,16). The van der Waals surface area contributed by atoms with Crippen LogP contribution in [0.15, 0.2) is 0 Å². The quantitative estimate of drug-likeness (QED) is 0.642. The number of esters is 1. The van der Waals surface area contributed by atoms with Gasteiger partial charge >= 0.3 is 5.97 Å². The molecule has 21 heavy (non-hydrogen) atoms. The molecule has 0 aliphatic heterocycles. The highest BCUT2D eigenvalue weighted by Gasteiger charge is 2.48. The number of rotatable bonds is 9. The number of sulfone groups is 1. The molecule has 1 aliphatic carbocycles. The van der Waals surface area contributed by atoms with Gasteiger partial charge in [-0.05, 0) is 31.1 Å². The molecule has 1 amide bonds. The highest BCUT2D eigenvalue weighted by molar-refractivity contribution is 7.92. The number of carbonyl (C=O) groups excluding carboxylic acids is 2. The third-order valence-electron chi connectivity index (χ3n) is 3.93. The highest BCUT2D eigenvalue weighted by atomic mass is 32.2. The molecule has 0 atom stereocenters. The van der Waals surface area contributed by atoms with Gasteiger partial charge in [-0.1, -0.05) is 13.8 Å². The van der Waals surface area contributed by atoms with E-state index in [1.54, 1.807) is 0 Å². The molecule has 1 rings (SSSR count). The Kier molecular flexibility index (Phi) is 6.19. The Bertz CT molecular complexity index is 478. The number of amides is 1. The van der Waals surface area contributed by atoms with Gasteiger partial charge in [-0.3, -0.25) is 9.59 Å². The monoisotopic (exact) mass is 319 g/mol. The fraction of sp³-hybridized carbons (Fsp3) is 0.857. The maximum absolute atomic E-state index is 12.1. The maximum Gasteiger partial charge on any atom is 0.306 e. The van der Waals surface area contributed by atoms with E-state index < -0.39 is 32.9 Å². The van der Waals surface area contributed by atoms with Crippen molar-refractivity contribution in [2.75, 3.05) is 18.6 Å². The summed E-state index contributed by atoms with van der Waals surface area (Å²) in [6, 6.07) is 0.0117. The molecule has 0 saturated heterocycles. The Morgan fingerprint density at radius 3 is 2.24 bits per heavy atom. The number of methoxy groups -OCH3 is 1. The normalized spacial score (nSPS) is 16.6. The minimum Gasteiger partial charge on any atom is -0.469 e. The lowest BCUT2D eigenvalue weighted by atomic mass is 10.1. The zero-order valence-corrected chi connectivity index (χ0v) is 13.8. The number of ether oxygens (including phenoxy) is 1. The van der Waals surface area contributed by atoms with Crippen molar-refractivity contribution in [3.63, 3.8) is 0 Å². The fourth-order valence-corrected chi connectivity index (χ4v) is 4.32. The van der Waals surface area contributed by atoms with Crippen LogP contribution in [0.25, 0.3) is 0 Å². The summed E-state index contributed by atoms with van der Waals surface area (Å²) in [7, 11) is -2.22. The molecule has 0 heterocycles. The van der Waals surface area contributed by atoms with E-state index in [4.69, 9.17) is 0 Å². The van der Waals surface area contributed by atoms with Crippen LogP contribution in [0.1, 0.15) is 46.0 Å². The first-order valence-electron chi connectivity index (χ1n) is 7.32. The van der Waals surface area contributed by atoms with Gasteiger partial charge in [0.05, 0.1) is 19.3 Å². The fourth-order valence-electron chi connectivity index (χ4n) is 2.41. The van der Waals surface area contributed by atoms with Crippen LogP contribution >= 0.6 is 0 Å². The summed E-state index contributed by atoms with van der Waals surface area (Å²) in [5.41, 5.74) is -0.513. The summed E-state index contributed by atoms with van der Waals surface area (Å²) in [5.74, 6) is -1.49. The summed E-state index contributed by atoms with van der Waals surface area (Å²) in [6.07, 6.45) is 3.03. The molecule has 122 valence electrons. The topological polar surface area (TPSA) is 89.5 Å². The number of nitrogens with one attached hydrogen (secondary N) is 1.